The van der Waals surface area contributed by atoms with Crippen molar-refractivity contribution in [3.05, 3.63) is 74.9 Å². The zero-order valence-corrected chi connectivity index (χ0v) is 14.6. The van der Waals surface area contributed by atoms with E-state index in [0.29, 0.717) is 11.1 Å². The number of pyridine rings is 1. The van der Waals surface area contributed by atoms with Gasteiger partial charge in [-0.2, -0.15) is 5.01 Å². The van der Waals surface area contributed by atoms with E-state index >= 15 is 0 Å². The lowest BCUT2D eigenvalue weighted by molar-refractivity contribution is -0.384. The van der Waals surface area contributed by atoms with Crippen LogP contribution in [0.25, 0.3) is 6.08 Å². The van der Waals surface area contributed by atoms with Crippen LogP contribution >= 0.6 is 24.0 Å². The van der Waals surface area contributed by atoms with Gasteiger partial charge in [0, 0.05) is 30.1 Å². The van der Waals surface area contributed by atoms with E-state index < -0.39 is 16.7 Å². The third kappa shape index (κ3) is 3.76. The molecule has 0 bridgehead atoms. The maximum Gasteiger partial charge on any atom is 0.285 e. The highest BCUT2D eigenvalue weighted by Gasteiger charge is 2.33. The Hall–Kier alpha value is -3.11. The molecule has 0 unspecified atom stereocenters. The Morgan fingerprint density at radius 2 is 2.04 bits per heavy atom. The summed E-state index contributed by atoms with van der Waals surface area (Å²) < 4.78 is 0.161. The van der Waals surface area contributed by atoms with Crippen molar-refractivity contribution in [2.75, 3.05) is 0 Å². The summed E-state index contributed by atoms with van der Waals surface area (Å²) in [5, 5.41) is 11.8. The highest BCUT2D eigenvalue weighted by atomic mass is 32.2. The van der Waals surface area contributed by atoms with Crippen LogP contribution in [0.2, 0.25) is 0 Å². The van der Waals surface area contributed by atoms with Gasteiger partial charge in [-0.05, 0) is 36.0 Å². The first kappa shape index (κ1) is 17.7. The first-order valence-corrected chi connectivity index (χ1v) is 8.41. The number of nitrogens with zero attached hydrogens (tertiary/aromatic N) is 3. The summed E-state index contributed by atoms with van der Waals surface area (Å²) in [6.07, 6.45) is 4.41. The van der Waals surface area contributed by atoms with Gasteiger partial charge in [0.05, 0.1) is 9.83 Å². The number of amides is 2. The molecule has 1 saturated heterocycles. The highest BCUT2D eigenvalue weighted by Crippen LogP contribution is 2.31. The molecule has 0 spiro atoms. The molecule has 2 heterocycles. The van der Waals surface area contributed by atoms with Gasteiger partial charge in [-0.3, -0.25) is 30.1 Å². The van der Waals surface area contributed by atoms with Crippen LogP contribution in [-0.2, 0) is 4.79 Å². The average molecular weight is 386 g/mol. The molecule has 10 heteroatoms. The molecule has 2 aromatic rings. The highest BCUT2D eigenvalue weighted by molar-refractivity contribution is 8.26. The Balaban J connectivity index is 1.79. The summed E-state index contributed by atoms with van der Waals surface area (Å²) in [6.45, 7) is 0. The van der Waals surface area contributed by atoms with Crippen LogP contribution in [0.5, 0.6) is 0 Å². The van der Waals surface area contributed by atoms with E-state index in [4.69, 9.17) is 12.2 Å². The number of hydrogen-bond donors (Lipinski definition) is 1. The quantitative estimate of drug-likeness (QED) is 0.372. The molecule has 0 atom stereocenters. The number of rotatable bonds is 4. The number of benzene rings is 1. The molecule has 0 aliphatic carbocycles. The van der Waals surface area contributed by atoms with Gasteiger partial charge in [0.25, 0.3) is 17.5 Å². The van der Waals surface area contributed by atoms with Crippen LogP contribution < -0.4 is 5.43 Å². The fourth-order valence-corrected chi connectivity index (χ4v) is 3.29. The zero-order chi connectivity index (χ0) is 18.7. The molecule has 0 radical (unpaired) electrons. The second kappa shape index (κ2) is 7.42. The third-order valence-electron chi connectivity index (χ3n) is 3.33. The molecule has 8 nitrogen and oxygen atoms in total. The molecule has 1 aromatic heterocycles. The van der Waals surface area contributed by atoms with E-state index in [1.165, 1.54) is 48.8 Å². The lowest BCUT2D eigenvalue weighted by atomic mass is 10.2. The monoisotopic (exact) mass is 386 g/mol. The predicted octanol–water partition coefficient (Wildman–Crippen LogP) is 2.54. The van der Waals surface area contributed by atoms with Crippen molar-refractivity contribution in [3.63, 3.8) is 0 Å². The SMILES string of the molecule is O=C(NN1C(=O)/C(=C/c2cccc([N+](=O)[O-])c2)SC1=S)c1ccncc1. The number of thioether (sulfide) groups is 1. The van der Waals surface area contributed by atoms with Gasteiger partial charge in [0.1, 0.15) is 0 Å². The largest absolute Gasteiger partial charge is 0.285 e. The Morgan fingerprint density at radius 3 is 2.73 bits per heavy atom. The van der Waals surface area contributed by atoms with Gasteiger partial charge < -0.3 is 0 Å². The minimum absolute atomic E-state index is 0.0831. The molecular formula is C16H10N4O4S2. The molecule has 1 aromatic carbocycles. The van der Waals surface area contributed by atoms with Crippen LogP contribution in [0.1, 0.15) is 15.9 Å². The third-order valence-corrected chi connectivity index (χ3v) is 4.63. The lowest BCUT2D eigenvalue weighted by Crippen LogP contribution is -2.44. The number of non-ortho nitro benzene ring substituents is 1. The van der Waals surface area contributed by atoms with Crippen molar-refractivity contribution in [1.29, 1.82) is 0 Å². The van der Waals surface area contributed by atoms with Crippen LogP contribution in [0, 0.1) is 10.1 Å². The van der Waals surface area contributed by atoms with Gasteiger partial charge >= 0.3 is 0 Å². The van der Waals surface area contributed by atoms with Gasteiger partial charge in [0.15, 0.2) is 4.32 Å². The summed E-state index contributed by atoms with van der Waals surface area (Å²) in [4.78, 5) is 39.1. The standard InChI is InChI=1S/C16H10N4O4S2/c21-14(11-4-6-17-7-5-11)18-19-15(22)13(26-16(19)25)9-10-2-1-3-12(8-10)20(23)24/h1-9H,(H,18,21)/b13-9-. The van der Waals surface area contributed by atoms with Crippen molar-refractivity contribution in [3.8, 4) is 0 Å². The van der Waals surface area contributed by atoms with Crippen molar-refractivity contribution < 1.29 is 14.5 Å². The zero-order valence-electron chi connectivity index (χ0n) is 13.0. The maximum atomic E-state index is 12.5. The number of aromatic nitrogens is 1. The molecule has 0 saturated carbocycles. The van der Waals surface area contributed by atoms with E-state index in [9.17, 15) is 19.7 Å². The van der Waals surface area contributed by atoms with E-state index in [1.54, 1.807) is 6.07 Å². The number of carbonyl (C=O) groups excluding carboxylic acids is 2. The number of thiocarbonyl (C=S) groups is 1. The van der Waals surface area contributed by atoms with Crippen LogP contribution in [0.15, 0.2) is 53.7 Å². The summed E-state index contributed by atoms with van der Waals surface area (Å²) in [6, 6.07) is 8.88. The van der Waals surface area contributed by atoms with E-state index in [0.717, 1.165) is 16.8 Å². The van der Waals surface area contributed by atoms with Crippen LogP contribution in [-0.4, -0.2) is 31.1 Å². The fourth-order valence-electron chi connectivity index (χ4n) is 2.11. The van der Waals surface area contributed by atoms with Gasteiger partial charge in [-0.25, -0.2) is 0 Å². The molecule has 3 rings (SSSR count). The Kier molecular flexibility index (Phi) is 5.05. The molecule has 1 aliphatic rings. The first-order chi connectivity index (χ1) is 12.5. The summed E-state index contributed by atoms with van der Waals surface area (Å²) in [5.74, 6) is -1.01. The molecule has 2 amide bonds. The van der Waals surface area contributed by atoms with E-state index in [2.05, 4.69) is 10.4 Å². The second-order valence-electron chi connectivity index (χ2n) is 5.05. The van der Waals surface area contributed by atoms with Crippen LogP contribution in [0.3, 0.4) is 0 Å². The summed E-state index contributed by atoms with van der Waals surface area (Å²) in [7, 11) is 0. The molecule has 26 heavy (non-hydrogen) atoms. The number of hydrogen-bond acceptors (Lipinski definition) is 7. The minimum Gasteiger partial charge on any atom is -0.267 e. The van der Waals surface area contributed by atoms with E-state index in [1.807, 2.05) is 0 Å². The normalized spacial score (nSPS) is 15.4. The smallest absolute Gasteiger partial charge is 0.267 e. The second-order valence-corrected chi connectivity index (χ2v) is 6.72. The van der Waals surface area contributed by atoms with E-state index in [-0.39, 0.29) is 14.9 Å². The van der Waals surface area contributed by atoms with Gasteiger partial charge in [-0.15, -0.1) is 0 Å². The van der Waals surface area contributed by atoms with Crippen molar-refractivity contribution in [2.45, 2.75) is 0 Å². The number of nitrogens with one attached hydrogen (secondary N) is 1. The van der Waals surface area contributed by atoms with Gasteiger partial charge in [0.2, 0.25) is 0 Å². The van der Waals surface area contributed by atoms with Crippen molar-refractivity contribution in [2.24, 2.45) is 0 Å². The molecule has 130 valence electrons. The van der Waals surface area contributed by atoms with Crippen molar-refractivity contribution in [1.82, 2.24) is 15.4 Å². The topological polar surface area (TPSA) is 105 Å². The molecule has 1 aliphatic heterocycles. The number of nitro groups is 1. The maximum absolute atomic E-state index is 12.5. The lowest BCUT2D eigenvalue weighted by Gasteiger charge is -2.15. The average Bonchev–Trinajstić information content (AvgIpc) is 2.90. The first-order valence-electron chi connectivity index (χ1n) is 7.19. The number of hydrazine groups is 1. The molecule has 1 N–H and O–H groups in total. The number of carbonyl (C=O) groups is 2. The van der Waals surface area contributed by atoms with Crippen molar-refractivity contribution >= 4 is 51.9 Å². The summed E-state index contributed by atoms with van der Waals surface area (Å²) in [5.41, 5.74) is 3.18. The molecule has 1 fully saturated rings. The minimum atomic E-state index is -0.516. The number of nitro benzene ring substituents is 1. The predicted molar refractivity (Wildman–Crippen MR) is 99.8 cm³/mol. The Labute approximate surface area is 157 Å². The summed E-state index contributed by atoms with van der Waals surface area (Å²) >= 11 is 6.14. The molecular weight excluding hydrogens is 376 g/mol. The van der Waals surface area contributed by atoms with Gasteiger partial charge in [-0.1, -0.05) is 23.9 Å². The Bertz CT molecular complexity index is 946. The Morgan fingerprint density at radius 1 is 1.31 bits per heavy atom. The van der Waals surface area contributed by atoms with Crippen LogP contribution in [0.4, 0.5) is 5.69 Å². The fraction of sp³-hybridized carbons (Fsp3) is 0.